The highest BCUT2D eigenvalue weighted by molar-refractivity contribution is 5.20. The van der Waals surface area contributed by atoms with Crippen molar-refractivity contribution >= 4 is 0 Å². The van der Waals surface area contributed by atoms with Gasteiger partial charge < -0.3 is 10.2 Å². The summed E-state index contributed by atoms with van der Waals surface area (Å²) in [4.78, 5) is 2.54. The Labute approximate surface area is 122 Å². The van der Waals surface area contributed by atoms with Crippen molar-refractivity contribution < 1.29 is 4.42 Å². The van der Waals surface area contributed by atoms with Gasteiger partial charge in [-0.3, -0.25) is 4.90 Å². The standard InChI is InChI=1S/C17H28N2O/c1-3-9-19-10-5-4-6-14(18)17(19)16-8-7-15(20-16)13-11-12(13)2/h7-8,12-14,17H,3-6,9-11,18H2,1-2H3. The molecule has 0 spiro atoms. The van der Waals surface area contributed by atoms with Crippen LogP contribution in [0.2, 0.25) is 0 Å². The number of hydrogen-bond acceptors (Lipinski definition) is 3. The van der Waals surface area contributed by atoms with Crippen LogP contribution in [0.3, 0.4) is 0 Å². The highest BCUT2D eigenvalue weighted by Crippen LogP contribution is 2.48. The summed E-state index contributed by atoms with van der Waals surface area (Å²) in [6.45, 7) is 6.82. The van der Waals surface area contributed by atoms with Gasteiger partial charge in [0, 0.05) is 12.0 Å². The average Bonchev–Trinajstić information content (AvgIpc) is 3.02. The number of furan rings is 1. The van der Waals surface area contributed by atoms with E-state index in [1.807, 2.05) is 0 Å². The van der Waals surface area contributed by atoms with Crippen molar-refractivity contribution in [2.75, 3.05) is 13.1 Å². The van der Waals surface area contributed by atoms with Crippen LogP contribution in [0.15, 0.2) is 16.5 Å². The highest BCUT2D eigenvalue weighted by atomic mass is 16.3. The maximum atomic E-state index is 6.46. The molecule has 0 amide bonds. The maximum Gasteiger partial charge on any atom is 0.122 e. The second-order valence-electron chi connectivity index (χ2n) is 6.70. The molecule has 3 heteroatoms. The molecule has 2 fully saturated rings. The summed E-state index contributed by atoms with van der Waals surface area (Å²) in [7, 11) is 0. The van der Waals surface area contributed by atoms with Gasteiger partial charge in [0.1, 0.15) is 11.5 Å². The topological polar surface area (TPSA) is 42.4 Å². The smallest absolute Gasteiger partial charge is 0.122 e. The molecule has 1 aromatic heterocycles. The molecule has 0 radical (unpaired) electrons. The molecule has 20 heavy (non-hydrogen) atoms. The fourth-order valence-electron chi connectivity index (χ4n) is 3.64. The molecule has 0 aromatic carbocycles. The first-order valence-corrected chi connectivity index (χ1v) is 8.30. The van der Waals surface area contributed by atoms with Crippen molar-refractivity contribution in [3.63, 3.8) is 0 Å². The van der Waals surface area contributed by atoms with Crippen molar-refractivity contribution in [2.45, 2.75) is 64.0 Å². The number of likely N-dealkylation sites (tertiary alicyclic amines) is 1. The van der Waals surface area contributed by atoms with Crippen LogP contribution in [0.25, 0.3) is 0 Å². The lowest BCUT2D eigenvalue weighted by molar-refractivity contribution is 0.161. The third-order valence-electron chi connectivity index (χ3n) is 4.96. The monoisotopic (exact) mass is 276 g/mol. The molecule has 4 atom stereocenters. The van der Waals surface area contributed by atoms with E-state index in [1.165, 1.54) is 31.4 Å². The van der Waals surface area contributed by atoms with Crippen LogP contribution >= 0.6 is 0 Å². The first kappa shape index (κ1) is 14.2. The Kier molecular flexibility index (Phi) is 4.18. The molecule has 112 valence electrons. The predicted molar refractivity (Wildman–Crippen MR) is 81.7 cm³/mol. The molecule has 2 heterocycles. The minimum Gasteiger partial charge on any atom is -0.464 e. The Hall–Kier alpha value is -0.800. The summed E-state index contributed by atoms with van der Waals surface area (Å²) in [5.41, 5.74) is 6.46. The first-order valence-electron chi connectivity index (χ1n) is 8.30. The van der Waals surface area contributed by atoms with Crippen LogP contribution in [-0.2, 0) is 0 Å². The van der Waals surface area contributed by atoms with Crippen molar-refractivity contribution in [1.82, 2.24) is 4.90 Å². The molecule has 1 aliphatic carbocycles. The van der Waals surface area contributed by atoms with Gasteiger partial charge in [0.15, 0.2) is 0 Å². The molecular formula is C17H28N2O. The second kappa shape index (κ2) is 5.90. The average molecular weight is 276 g/mol. The molecular weight excluding hydrogens is 248 g/mol. The Balaban J connectivity index is 1.81. The lowest BCUT2D eigenvalue weighted by Crippen LogP contribution is -2.40. The molecule has 1 aromatic rings. The van der Waals surface area contributed by atoms with Gasteiger partial charge in [-0.2, -0.15) is 0 Å². The van der Waals surface area contributed by atoms with Crippen molar-refractivity contribution in [1.29, 1.82) is 0 Å². The lowest BCUT2D eigenvalue weighted by atomic mass is 10.0. The summed E-state index contributed by atoms with van der Waals surface area (Å²) in [5, 5.41) is 0. The van der Waals surface area contributed by atoms with E-state index < -0.39 is 0 Å². The van der Waals surface area contributed by atoms with Gasteiger partial charge in [0.05, 0.1) is 6.04 Å². The van der Waals surface area contributed by atoms with E-state index in [2.05, 4.69) is 30.9 Å². The van der Waals surface area contributed by atoms with Crippen molar-refractivity contribution in [3.8, 4) is 0 Å². The SMILES string of the molecule is CCCN1CCCCC(N)C1c1ccc(C2CC2C)o1. The van der Waals surface area contributed by atoms with Crippen LogP contribution in [0.5, 0.6) is 0 Å². The van der Waals surface area contributed by atoms with Gasteiger partial charge in [-0.15, -0.1) is 0 Å². The van der Waals surface area contributed by atoms with Crippen LogP contribution in [-0.4, -0.2) is 24.0 Å². The Bertz CT molecular complexity index is 442. The number of nitrogens with zero attached hydrogens (tertiary/aromatic N) is 1. The molecule has 4 unspecified atom stereocenters. The third kappa shape index (κ3) is 2.79. The van der Waals surface area contributed by atoms with Gasteiger partial charge >= 0.3 is 0 Å². The lowest BCUT2D eigenvalue weighted by Gasteiger charge is -2.31. The summed E-state index contributed by atoms with van der Waals surface area (Å²) < 4.78 is 6.20. The molecule has 0 bridgehead atoms. The normalized spacial score (nSPS) is 35.0. The van der Waals surface area contributed by atoms with E-state index in [0.29, 0.717) is 5.92 Å². The molecule has 2 N–H and O–H groups in total. The van der Waals surface area contributed by atoms with Crippen LogP contribution in [0, 0.1) is 5.92 Å². The Morgan fingerprint density at radius 3 is 2.75 bits per heavy atom. The minimum absolute atomic E-state index is 0.208. The highest BCUT2D eigenvalue weighted by Gasteiger charge is 2.38. The molecule has 3 rings (SSSR count). The number of rotatable bonds is 4. The molecule has 1 saturated carbocycles. The van der Waals surface area contributed by atoms with Crippen LogP contribution in [0.4, 0.5) is 0 Å². The zero-order valence-electron chi connectivity index (χ0n) is 12.8. The maximum absolute atomic E-state index is 6.46. The summed E-state index contributed by atoms with van der Waals surface area (Å²) in [6, 6.07) is 4.85. The van der Waals surface area contributed by atoms with Gasteiger partial charge in [-0.25, -0.2) is 0 Å². The zero-order chi connectivity index (χ0) is 14.1. The van der Waals surface area contributed by atoms with Gasteiger partial charge in [0.25, 0.3) is 0 Å². The van der Waals surface area contributed by atoms with E-state index >= 15 is 0 Å². The van der Waals surface area contributed by atoms with Crippen LogP contribution in [0.1, 0.15) is 69.4 Å². The van der Waals surface area contributed by atoms with E-state index in [-0.39, 0.29) is 12.1 Å². The number of nitrogens with two attached hydrogens (primary N) is 1. The van der Waals surface area contributed by atoms with Crippen molar-refractivity contribution in [3.05, 3.63) is 23.7 Å². The van der Waals surface area contributed by atoms with Crippen molar-refractivity contribution in [2.24, 2.45) is 11.7 Å². The summed E-state index contributed by atoms with van der Waals surface area (Å²) in [5.74, 6) is 3.73. The number of hydrogen-bond donors (Lipinski definition) is 1. The van der Waals surface area contributed by atoms with E-state index in [1.54, 1.807) is 0 Å². The molecule has 1 saturated heterocycles. The third-order valence-corrected chi connectivity index (χ3v) is 4.96. The summed E-state index contributed by atoms with van der Waals surface area (Å²) in [6.07, 6.45) is 6.07. The van der Waals surface area contributed by atoms with Gasteiger partial charge in [-0.05, 0) is 56.8 Å². The fourth-order valence-corrected chi connectivity index (χ4v) is 3.64. The second-order valence-corrected chi connectivity index (χ2v) is 6.70. The van der Waals surface area contributed by atoms with E-state index in [9.17, 15) is 0 Å². The molecule has 1 aliphatic heterocycles. The Morgan fingerprint density at radius 2 is 2.05 bits per heavy atom. The predicted octanol–water partition coefficient (Wildman–Crippen LogP) is 3.67. The summed E-state index contributed by atoms with van der Waals surface area (Å²) >= 11 is 0. The first-order chi connectivity index (χ1) is 9.70. The van der Waals surface area contributed by atoms with Crippen LogP contribution < -0.4 is 5.73 Å². The largest absolute Gasteiger partial charge is 0.464 e. The van der Waals surface area contributed by atoms with E-state index in [4.69, 9.17) is 10.2 Å². The zero-order valence-corrected chi connectivity index (χ0v) is 12.8. The van der Waals surface area contributed by atoms with E-state index in [0.717, 1.165) is 31.2 Å². The molecule has 2 aliphatic rings. The molecule has 3 nitrogen and oxygen atoms in total. The van der Waals surface area contributed by atoms with Gasteiger partial charge in [-0.1, -0.05) is 20.3 Å². The Morgan fingerprint density at radius 1 is 1.30 bits per heavy atom. The fraction of sp³-hybridized carbons (Fsp3) is 0.765. The quantitative estimate of drug-likeness (QED) is 0.912. The van der Waals surface area contributed by atoms with Gasteiger partial charge in [0.2, 0.25) is 0 Å². The minimum atomic E-state index is 0.208.